The number of fused-ring (bicyclic) bond motifs is 2. The van der Waals surface area contributed by atoms with Gasteiger partial charge in [-0.3, -0.25) is 0 Å². The number of aliphatic hydroxyl groups is 3. The Hall–Kier alpha value is -2.57. The molecule has 2 aromatic heterocycles. The molecule has 5 N–H and O–H groups in total. The van der Waals surface area contributed by atoms with Gasteiger partial charge in [-0.05, 0) is 29.1 Å². The van der Waals surface area contributed by atoms with Crippen molar-refractivity contribution in [3.63, 3.8) is 0 Å². The average Bonchev–Trinajstić information content (AvgIpc) is 3.12. The van der Waals surface area contributed by atoms with Crippen LogP contribution in [0.4, 0.5) is 5.82 Å². The molecule has 8 heteroatoms. The maximum Gasteiger partial charge on any atom is 0.146 e. The van der Waals surface area contributed by atoms with Gasteiger partial charge in [-0.15, -0.1) is 0 Å². The maximum absolute atomic E-state index is 10.3. The highest BCUT2D eigenvalue weighted by atomic mass is 31.1. The maximum atomic E-state index is 10.3. The quantitative estimate of drug-likeness (QED) is 0.363. The van der Waals surface area contributed by atoms with E-state index in [1.165, 1.54) is 6.33 Å². The number of nitrogens with zero attached hydrogens (tertiary/aromatic N) is 3. The lowest BCUT2D eigenvalue weighted by Crippen LogP contribution is -2.28. The van der Waals surface area contributed by atoms with Crippen molar-refractivity contribution in [2.45, 2.75) is 18.2 Å². The van der Waals surface area contributed by atoms with Crippen molar-refractivity contribution >= 4 is 35.5 Å². The molecule has 4 aromatic rings. The first kappa shape index (κ1) is 19.7. The first-order chi connectivity index (χ1) is 14.0. The summed E-state index contributed by atoms with van der Waals surface area (Å²) in [6, 6.07) is 14.4. The summed E-state index contributed by atoms with van der Waals surface area (Å²) >= 11 is 0. The SMILES string of the molecule is CP(Cn1cc(-c2ccc3ccccc3c2)c2c(N)ncnc21)C(O)C(O)CO. The fourth-order valence-electron chi connectivity index (χ4n) is 3.54. The second kappa shape index (κ2) is 8.05. The second-order valence-corrected chi connectivity index (χ2v) is 9.42. The smallest absolute Gasteiger partial charge is 0.146 e. The van der Waals surface area contributed by atoms with Gasteiger partial charge in [-0.1, -0.05) is 44.3 Å². The number of aliphatic hydroxyl groups excluding tert-OH is 3. The number of hydrogen-bond donors (Lipinski definition) is 4. The fourth-order valence-corrected chi connectivity index (χ4v) is 5.09. The van der Waals surface area contributed by atoms with Gasteiger partial charge >= 0.3 is 0 Å². The van der Waals surface area contributed by atoms with E-state index < -0.39 is 26.5 Å². The van der Waals surface area contributed by atoms with Crippen molar-refractivity contribution in [1.82, 2.24) is 14.5 Å². The molecule has 0 saturated heterocycles. The lowest BCUT2D eigenvalue weighted by atomic mass is 10.0. The van der Waals surface area contributed by atoms with E-state index in [1.807, 2.05) is 35.6 Å². The zero-order chi connectivity index (χ0) is 20.5. The molecular formula is C21H23N4O3P. The van der Waals surface area contributed by atoms with Gasteiger partial charge < -0.3 is 25.6 Å². The number of anilines is 1. The molecule has 0 amide bonds. The molecule has 0 aliphatic rings. The van der Waals surface area contributed by atoms with Gasteiger partial charge in [0.2, 0.25) is 0 Å². The topological polar surface area (TPSA) is 117 Å². The monoisotopic (exact) mass is 410 g/mol. The van der Waals surface area contributed by atoms with Gasteiger partial charge in [0.25, 0.3) is 0 Å². The molecule has 0 radical (unpaired) electrons. The summed E-state index contributed by atoms with van der Waals surface area (Å²) in [4.78, 5) is 8.58. The molecule has 0 aliphatic carbocycles. The van der Waals surface area contributed by atoms with Gasteiger partial charge in [0, 0.05) is 18.0 Å². The zero-order valence-corrected chi connectivity index (χ0v) is 16.9. The normalized spacial score (nSPS) is 14.9. The highest BCUT2D eigenvalue weighted by Crippen LogP contribution is 2.42. The molecular weight excluding hydrogens is 387 g/mol. The van der Waals surface area contributed by atoms with Gasteiger partial charge in [0.05, 0.1) is 12.0 Å². The van der Waals surface area contributed by atoms with E-state index in [4.69, 9.17) is 10.8 Å². The zero-order valence-electron chi connectivity index (χ0n) is 16.0. The average molecular weight is 410 g/mol. The van der Waals surface area contributed by atoms with E-state index in [0.29, 0.717) is 17.8 Å². The molecule has 4 rings (SSSR count). The molecule has 2 aromatic carbocycles. The third kappa shape index (κ3) is 3.70. The van der Waals surface area contributed by atoms with Gasteiger partial charge in [0.1, 0.15) is 29.7 Å². The van der Waals surface area contributed by atoms with Gasteiger partial charge in [-0.2, -0.15) is 0 Å². The van der Waals surface area contributed by atoms with E-state index in [-0.39, 0.29) is 0 Å². The Morgan fingerprint density at radius 3 is 2.62 bits per heavy atom. The summed E-state index contributed by atoms with van der Waals surface area (Å²) in [5.41, 5.74) is 8.81. The van der Waals surface area contributed by atoms with Gasteiger partial charge in [-0.25, -0.2) is 9.97 Å². The Morgan fingerprint density at radius 1 is 1.10 bits per heavy atom. The molecule has 0 aliphatic heterocycles. The van der Waals surface area contributed by atoms with Crippen LogP contribution < -0.4 is 5.73 Å². The lowest BCUT2D eigenvalue weighted by Gasteiger charge is -2.23. The van der Waals surface area contributed by atoms with Crippen LogP contribution in [0, 0.1) is 0 Å². The lowest BCUT2D eigenvalue weighted by molar-refractivity contribution is 0.0256. The molecule has 2 heterocycles. The minimum absolute atomic E-state index is 0.397. The van der Waals surface area contributed by atoms with Crippen molar-refractivity contribution in [2.24, 2.45) is 0 Å². The van der Waals surface area contributed by atoms with Crippen LogP contribution in [0.25, 0.3) is 32.9 Å². The third-order valence-electron chi connectivity index (χ3n) is 5.10. The van der Waals surface area contributed by atoms with Crippen molar-refractivity contribution in [1.29, 1.82) is 0 Å². The van der Waals surface area contributed by atoms with Crippen LogP contribution in [0.1, 0.15) is 0 Å². The Morgan fingerprint density at radius 2 is 1.86 bits per heavy atom. The van der Waals surface area contributed by atoms with Crippen molar-refractivity contribution in [3.05, 3.63) is 55.0 Å². The first-order valence-electron chi connectivity index (χ1n) is 9.25. The summed E-state index contributed by atoms with van der Waals surface area (Å²) in [5.74, 6) is -0.593. The minimum atomic E-state index is -1.16. The standard InChI is InChI=1S/C21H23N4O3P/c1-29(21(28)17(27)10-26)12-25-9-16(18-19(22)23-11-24-20(18)25)15-7-6-13-4-2-3-5-14(13)8-15/h2-9,11,17,21,26-28H,10,12H2,1H3,(H2,22,23,24). The highest BCUT2D eigenvalue weighted by molar-refractivity contribution is 7.56. The van der Waals surface area contributed by atoms with Crippen LogP contribution in [0.3, 0.4) is 0 Å². The number of hydrogen-bond acceptors (Lipinski definition) is 6. The van der Waals surface area contributed by atoms with Crippen molar-refractivity contribution in [3.8, 4) is 11.1 Å². The van der Waals surface area contributed by atoms with Gasteiger partial charge in [0.15, 0.2) is 0 Å². The van der Waals surface area contributed by atoms with Crippen molar-refractivity contribution < 1.29 is 15.3 Å². The van der Waals surface area contributed by atoms with Crippen LogP contribution in [-0.4, -0.2) is 55.1 Å². The summed E-state index contributed by atoms with van der Waals surface area (Å²) in [7, 11) is -1.02. The fraction of sp³-hybridized carbons (Fsp3) is 0.238. The van der Waals surface area contributed by atoms with E-state index in [1.54, 1.807) is 0 Å². The van der Waals surface area contributed by atoms with Crippen LogP contribution in [-0.2, 0) is 6.29 Å². The van der Waals surface area contributed by atoms with E-state index in [9.17, 15) is 10.2 Å². The molecule has 150 valence electrons. The molecule has 3 unspecified atom stereocenters. The van der Waals surface area contributed by atoms with E-state index in [0.717, 1.165) is 27.3 Å². The Balaban J connectivity index is 1.80. The summed E-state index contributed by atoms with van der Waals surface area (Å²) < 4.78 is 1.94. The number of benzene rings is 2. The highest BCUT2D eigenvalue weighted by Gasteiger charge is 2.24. The van der Waals surface area contributed by atoms with E-state index >= 15 is 0 Å². The molecule has 0 spiro atoms. The second-order valence-electron chi connectivity index (χ2n) is 7.09. The predicted octanol–water partition coefficient (Wildman–Crippen LogP) is 2.57. The molecule has 29 heavy (non-hydrogen) atoms. The molecule has 3 atom stereocenters. The number of rotatable bonds is 6. The summed E-state index contributed by atoms with van der Waals surface area (Å²) in [6.45, 7) is 1.41. The van der Waals surface area contributed by atoms with E-state index in [2.05, 4.69) is 34.2 Å². The number of nitrogen functional groups attached to an aromatic ring is 1. The van der Waals surface area contributed by atoms with Crippen LogP contribution in [0.5, 0.6) is 0 Å². The van der Waals surface area contributed by atoms with Crippen LogP contribution in [0.15, 0.2) is 55.0 Å². The largest absolute Gasteiger partial charge is 0.394 e. The predicted molar refractivity (Wildman–Crippen MR) is 117 cm³/mol. The minimum Gasteiger partial charge on any atom is -0.394 e. The molecule has 0 bridgehead atoms. The Kier molecular flexibility index (Phi) is 5.48. The molecule has 7 nitrogen and oxygen atoms in total. The number of aromatic nitrogens is 3. The number of nitrogens with two attached hydrogens (primary N) is 1. The van der Waals surface area contributed by atoms with Crippen LogP contribution >= 0.6 is 7.92 Å². The summed E-state index contributed by atoms with van der Waals surface area (Å²) in [5, 5.41) is 32.2. The Bertz CT molecular complexity index is 1160. The van der Waals surface area contributed by atoms with Crippen LogP contribution in [0.2, 0.25) is 0 Å². The molecule has 0 saturated carbocycles. The summed E-state index contributed by atoms with van der Waals surface area (Å²) in [6.07, 6.45) is 2.70. The third-order valence-corrected chi connectivity index (χ3v) is 7.10. The Labute approximate surface area is 169 Å². The van der Waals surface area contributed by atoms with Crippen molar-refractivity contribution in [2.75, 3.05) is 19.0 Å². The molecule has 0 fully saturated rings. The first-order valence-corrected chi connectivity index (χ1v) is 11.3.